The molecule has 0 aliphatic rings. The predicted octanol–water partition coefficient (Wildman–Crippen LogP) is 4.37. The summed E-state index contributed by atoms with van der Waals surface area (Å²) >= 11 is 0. The van der Waals surface area contributed by atoms with Crippen LogP contribution in [0.15, 0.2) is 106 Å². The molecular formula is C29H29N3O6S2. The maximum absolute atomic E-state index is 12.8. The van der Waals surface area contributed by atoms with Crippen molar-refractivity contribution in [2.45, 2.75) is 36.6 Å². The van der Waals surface area contributed by atoms with E-state index in [9.17, 15) is 21.6 Å². The van der Waals surface area contributed by atoms with Gasteiger partial charge < -0.3 is 4.18 Å². The molecule has 1 amide bonds. The van der Waals surface area contributed by atoms with Crippen LogP contribution < -0.4 is 14.3 Å². The van der Waals surface area contributed by atoms with Gasteiger partial charge in [-0.3, -0.25) is 4.79 Å². The monoisotopic (exact) mass is 579 g/mol. The summed E-state index contributed by atoms with van der Waals surface area (Å²) in [7, 11) is -7.97. The zero-order valence-corrected chi connectivity index (χ0v) is 23.7. The number of rotatable bonds is 10. The van der Waals surface area contributed by atoms with Crippen LogP contribution in [0.3, 0.4) is 0 Å². The SMILES string of the molecule is Cc1ccc(S(=O)(=O)N[C@@H](C(=O)N/N=C\c2ccc(OS(=O)(=O)c3ccc4ccccc4c3)cc2)C(C)C)cc1. The zero-order chi connectivity index (χ0) is 28.9. The van der Waals surface area contributed by atoms with E-state index in [1.165, 1.54) is 36.5 Å². The van der Waals surface area contributed by atoms with E-state index in [2.05, 4.69) is 15.2 Å². The molecule has 0 spiro atoms. The number of carbonyl (C=O) groups excluding carboxylic acids is 1. The molecule has 40 heavy (non-hydrogen) atoms. The van der Waals surface area contributed by atoms with Crippen molar-refractivity contribution in [3.05, 3.63) is 102 Å². The number of hydrogen-bond donors (Lipinski definition) is 2. The van der Waals surface area contributed by atoms with Gasteiger partial charge in [0.1, 0.15) is 16.7 Å². The summed E-state index contributed by atoms with van der Waals surface area (Å²) in [5, 5.41) is 5.62. The van der Waals surface area contributed by atoms with Gasteiger partial charge in [0.2, 0.25) is 10.0 Å². The lowest BCUT2D eigenvalue weighted by molar-refractivity contribution is -0.123. The first-order chi connectivity index (χ1) is 18.9. The Morgan fingerprint density at radius 1 is 0.825 bits per heavy atom. The maximum Gasteiger partial charge on any atom is 0.339 e. The lowest BCUT2D eigenvalue weighted by Crippen LogP contribution is -2.48. The lowest BCUT2D eigenvalue weighted by atomic mass is 10.1. The fourth-order valence-corrected chi connectivity index (χ4v) is 6.10. The van der Waals surface area contributed by atoms with Crippen molar-refractivity contribution in [2.75, 3.05) is 0 Å². The summed E-state index contributed by atoms with van der Waals surface area (Å²) in [6.45, 7) is 5.29. The second-order valence-corrected chi connectivity index (χ2v) is 12.8. The Kier molecular flexibility index (Phi) is 8.67. The van der Waals surface area contributed by atoms with E-state index in [0.29, 0.717) is 5.56 Å². The van der Waals surface area contributed by atoms with Crippen LogP contribution in [-0.2, 0) is 24.9 Å². The average Bonchev–Trinajstić information content (AvgIpc) is 2.92. The Morgan fingerprint density at radius 2 is 1.45 bits per heavy atom. The molecule has 0 saturated carbocycles. The van der Waals surface area contributed by atoms with Gasteiger partial charge in [0.15, 0.2) is 0 Å². The Balaban J connectivity index is 1.38. The molecule has 0 aromatic heterocycles. The Hall–Kier alpha value is -4.06. The molecular weight excluding hydrogens is 550 g/mol. The number of carbonyl (C=O) groups is 1. The molecule has 0 aliphatic heterocycles. The molecule has 4 aromatic carbocycles. The van der Waals surface area contributed by atoms with Crippen LogP contribution in [0, 0.1) is 12.8 Å². The highest BCUT2D eigenvalue weighted by molar-refractivity contribution is 7.89. The number of nitrogens with one attached hydrogen (secondary N) is 2. The molecule has 0 fully saturated rings. The topological polar surface area (TPSA) is 131 Å². The second kappa shape index (κ2) is 12.0. The summed E-state index contributed by atoms with van der Waals surface area (Å²) < 4.78 is 58.7. The van der Waals surface area contributed by atoms with E-state index in [0.717, 1.165) is 16.3 Å². The molecule has 0 aliphatic carbocycles. The van der Waals surface area contributed by atoms with Gasteiger partial charge in [0.25, 0.3) is 5.91 Å². The standard InChI is InChI=1S/C29H29N3O6S2/c1-20(2)28(32-39(34,35)26-15-8-21(3)9-16-26)29(33)31-30-19-22-10-13-25(14-11-22)38-40(36,37)27-17-12-23-6-4-5-7-24(23)18-27/h4-20,28,32H,1-3H3,(H,31,33)/b30-19-/t28-/m1/s1. The van der Waals surface area contributed by atoms with Crippen molar-refractivity contribution in [3.8, 4) is 5.75 Å². The summed E-state index contributed by atoms with van der Waals surface area (Å²) in [5.41, 5.74) is 3.83. The number of amides is 1. The van der Waals surface area contributed by atoms with Gasteiger partial charge in [-0.2, -0.15) is 18.2 Å². The summed E-state index contributed by atoms with van der Waals surface area (Å²) in [6.07, 6.45) is 1.35. The van der Waals surface area contributed by atoms with Gasteiger partial charge in [-0.05, 0) is 77.7 Å². The molecule has 4 rings (SSSR count). The number of fused-ring (bicyclic) bond motifs is 1. The predicted molar refractivity (Wildman–Crippen MR) is 154 cm³/mol. The van der Waals surface area contributed by atoms with Crippen molar-refractivity contribution in [2.24, 2.45) is 11.0 Å². The highest BCUT2D eigenvalue weighted by Crippen LogP contribution is 2.23. The van der Waals surface area contributed by atoms with E-state index in [1.807, 2.05) is 31.2 Å². The highest BCUT2D eigenvalue weighted by atomic mass is 32.2. The third kappa shape index (κ3) is 7.12. The van der Waals surface area contributed by atoms with E-state index in [4.69, 9.17) is 4.18 Å². The minimum absolute atomic E-state index is 0.0391. The molecule has 0 unspecified atom stereocenters. The van der Waals surface area contributed by atoms with Gasteiger partial charge in [-0.25, -0.2) is 13.8 Å². The summed E-state index contributed by atoms with van der Waals surface area (Å²) in [6, 6.07) is 23.5. The third-order valence-electron chi connectivity index (χ3n) is 6.05. The zero-order valence-electron chi connectivity index (χ0n) is 22.1. The maximum atomic E-state index is 12.8. The summed E-state index contributed by atoms with van der Waals surface area (Å²) in [4.78, 5) is 12.8. The van der Waals surface area contributed by atoms with Gasteiger partial charge in [0, 0.05) is 0 Å². The Bertz CT molecular complexity index is 1750. The number of nitrogens with zero attached hydrogens (tertiary/aromatic N) is 1. The van der Waals surface area contributed by atoms with Gasteiger partial charge >= 0.3 is 10.1 Å². The first-order valence-electron chi connectivity index (χ1n) is 12.4. The summed E-state index contributed by atoms with van der Waals surface area (Å²) in [5.74, 6) is -0.862. The quantitative estimate of drug-likeness (QED) is 0.163. The number of aryl methyl sites for hydroxylation is 1. The first kappa shape index (κ1) is 28.9. The molecule has 2 N–H and O–H groups in total. The van der Waals surface area contributed by atoms with Crippen molar-refractivity contribution in [1.82, 2.24) is 10.1 Å². The molecule has 0 saturated heterocycles. The van der Waals surface area contributed by atoms with Gasteiger partial charge in [0.05, 0.1) is 11.1 Å². The molecule has 9 nitrogen and oxygen atoms in total. The minimum atomic E-state index is -4.05. The third-order valence-corrected chi connectivity index (χ3v) is 8.75. The van der Waals surface area contributed by atoms with Gasteiger partial charge in [-0.15, -0.1) is 0 Å². The number of hydrazone groups is 1. The lowest BCUT2D eigenvalue weighted by Gasteiger charge is -2.20. The molecule has 208 valence electrons. The number of hydrogen-bond acceptors (Lipinski definition) is 7. The number of sulfonamides is 1. The van der Waals surface area contributed by atoms with E-state index >= 15 is 0 Å². The smallest absolute Gasteiger partial charge is 0.339 e. The largest absolute Gasteiger partial charge is 0.379 e. The molecule has 0 bridgehead atoms. The van der Waals surface area contributed by atoms with Crippen molar-refractivity contribution >= 4 is 43.0 Å². The van der Waals surface area contributed by atoms with Crippen LogP contribution >= 0.6 is 0 Å². The van der Waals surface area contributed by atoms with Crippen LogP contribution in [0.1, 0.15) is 25.0 Å². The Labute approximate surface area is 234 Å². The van der Waals surface area contributed by atoms with Crippen LogP contribution in [0.25, 0.3) is 10.8 Å². The molecule has 4 aromatic rings. The van der Waals surface area contributed by atoms with Crippen LogP contribution in [0.4, 0.5) is 0 Å². The molecule has 0 heterocycles. The second-order valence-electron chi connectivity index (χ2n) is 9.51. The average molecular weight is 580 g/mol. The molecule has 11 heteroatoms. The van der Waals surface area contributed by atoms with Crippen LogP contribution in [0.5, 0.6) is 5.75 Å². The fraction of sp³-hybridized carbons (Fsp3) is 0.172. The normalized spacial score (nSPS) is 13.0. The van der Waals surface area contributed by atoms with Crippen LogP contribution in [0.2, 0.25) is 0 Å². The fourth-order valence-electron chi connectivity index (χ4n) is 3.79. The minimum Gasteiger partial charge on any atom is -0.379 e. The van der Waals surface area contributed by atoms with Crippen molar-refractivity contribution in [3.63, 3.8) is 0 Å². The van der Waals surface area contributed by atoms with Crippen LogP contribution in [-0.4, -0.2) is 35.0 Å². The highest BCUT2D eigenvalue weighted by Gasteiger charge is 2.28. The number of benzene rings is 4. The molecule has 0 radical (unpaired) electrons. The first-order valence-corrected chi connectivity index (χ1v) is 15.3. The van der Waals surface area contributed by atoms with Gasteiger partial charge in [-0.1, -0.05) is 61.9 Å². The van der Waals surface area contributed by atoms with E-state index < -0.39 is 32.1 Å². The van der Waals surface area contributed by atoms with Crippen molar-refractivity contribution < 1.29 is 25.8 Å². The Morgan fingerprint density at radius 3 is 2.10 bits per heavy atom. The molecule has 1 atom stereocenters. The van der Waals surface area contributed by atoms with Crippen molar-refractivity contribution in [1.29, 1.82) is 0 Å². The van der Waals surface area contributed by atoms with E-state index in [1.54, 1.807) is 50.2 Å². The van der Waals surface area contributed by atoms with E-state index in [-0.39, 0.29) is 21.5 Å².